The fourth-order valence-electron chi connectivity index (χ4n) is 2.09. The van der Waals surface area contributed by atoms with Crippen LogP contribution in [0.3, 0.4) is 0 Å². The van der Waals surface area contributed by atoms with E-state index in [9.17, 15) is 4.39 Å². The Morgan fingerprint density at radius 1 is 1.17 bits per heavy atom. The lowest BCUT2D eigenvalue weighted by molar-refractivity contribution is 0.510. The highest BCUT2D eigenvalue weighted by atomic mass is 127. The van der Waals surface area contributed by atoms with Crippen LogP contribution in [-0.2, 0) is 12.8 Å². The summed E-state index contributed by atoms with van der Waals surface area (Å²) in [4.78, 5) is 4.48. The Hall–Kier alpha value is -1.83. The summed E-state index contributed by atoms with van der Waals surface area (Å²) in [5, 5.41) is 6.35. The third-order valence-electron chi connectivity index (χ3n) is 3.27. The van der Waals surface area contributed by atoms with Crippen LogP contribution in [0.25, 0.3) is 0 Å². The number of halogens is 2. The number of rotatable bonds is 8. The van der Waals surface area contributed by atoms with Gasteiger partial charge in [0.15, 0.2) is 5.96 Å². The fourth-order valence-corrected chi connectivity index (χ4v) is 2.09. The van der Waals surface area contributed by atoms with Gasteiger partial charge in [0.25, 0.3) is 0 Å². The molecule has 2 aromatic rings. The Balaban J connectivity index is 0.00000288. The molecule has 130 valence electrons. The maximum Gasteiger partial charge on any atom is 0.191 e. The molecule has 0 unspecified atom stereocenters. The van der Waals surface area contributed by atoms with Crippen LogP contribution in [0, 0.1) is 5.82 Å². The molecule has 0 bridgehead atoms. The SMILES string of the molecule is C=CCNC(=NCCc1ccco1)NCCc1ccccc1F.I. The first-order valence-corrected chi connectivity index (χ1v) is 7.68. The molecule has 0 aliphatic heterocycles. The van der Waals surface area contributed by atoms with Crippen LogP contribution >= 0.6 is 24.0 Å². The molecule has 6 heteroatoms. The van der Waals surface area contributed by atoms with Gasteiger partial charge in [0.2, 0.25) is 0 Å². The summed E-state index contributed by atoms with van der Waals surface area (Å²) in [6, 6.07) is 10.6. The highest BCUT2D eigenvalue weighted by Crippen LogP contribution is 2.06. The van der Waals surface area contributed by atoms with E-state index in [0.717, 1.165) is 12.2 Å². The molecule has 0 saturated heterocycles. The lowest BCUT2D eigenvalue weighted by Gasteiger charge is -2.11. The van der Waals surface area contributed by atoms with Crippen LogP contribution in [0.5, 0.6) is 0 Å². The molecule has 1 aromatic heterocycles. The van der Waals surface area contributed by atoms with Crippen molar-refractivity contribution < 1.29 is 8.81 Å². The van der Waals surface area contributed by atoms with E-state index in [1.807, 2.05) is 18.2 Å². The van der Waals surface area contributed by atoms with Gasteiger partial charge in [0.1, 0.15) is 11.6 Å². The largest absolute Gasteiger partial charge is 0.469 e. The number of furan rings is 1. The Morgan fingerprint density at radius 2 is 2.00 bits per heavy atom. The predicted molar refractivity (Wildman–Crippen MR) is 106 cm³/mol. The van der Waals surface area contributed by atoms with Gasteiger partial charge < -0.3 is 15.1 Å². The van der Waals surface area contributed by atoms with Crippen molar-refractivity contribution in [3.63, 3.8) is 0 Å². The fraction of sp³-hybridized carbons (Fsp3) is 0.278. The molecular weight excluding hydrogens is 420 g/mol. The lowest BCUT2D eigenvalue weighted by Crippen LogP contribution is -2.38. The second-order valence-electron chi connectivity index (χ2n) is 5.00. The van der Waals surface area contributed by atoms with Crippen LogP contribution in [0.4, 0.5) is 4.39 Å². The van der Waals surface area contributed by atoms with Crippen molar-refractivity contribution in [3.8, 4) is 0 Å². The van der Waals surface area contributed by atoms with Crippen molar-refractivity contribution in [1.82, 2.24) is 10.6 Å². The van der Waals surface area contributed by atoms with Crippen molar-refractivity contribution in [2.75, 3.05) is 19.6 Å². The molecule has 0 amide bonds. The van der Waals surface area contributed by atoms with Crippen LogP contribution in [0.1, 0.15) is 11.3 Å². The second-order valence-corrected chi connectivity index (χ2v) is 5.00. The van der Waals surface area contributed by atoms with Crippen LogP contribution < -0.4 is 10.6 Å². The number of guanidine groups is 1. The third kappa shape index (κ3) is 7.16. The zero-order chi connectivity index (χ0) is 16.3. The van der Waals surface area contributed by atoms with E-state index in [4.69, 9.17) is 4.42 Å². The van der Waals surface area contributed by atoms with Crippen molar-refractivity contribution in [3.05, 3.63) is 72.5 Å². The van der Waals surface area contributed by atoms with Crippen LogP contribution in [0.15, 0.2) is 64.7 Å². The summed E-state index contributed by atoms with van der Waals surface area (Å²) in [5.74, 6) is 1.42. The molecule has 0 saturated carbocycles. The minimum atomic E-state index is -0.176. The summed E-state index contributed by atoms with van der Waals surface area (Å²) < 4.78 is 18.9. The van der Waals surface area contributed by atoms with Gasteiger partial charge in [-0.1, -0.05) is 24.3 Å². The highest BCUT2D eigenvalue weighted by molar-refractivity contribution is 14.0. The van der Waals surface area contributed by atoms with E-state index in [-0.39, 0.29) is 29.8 Å². The second kappa shape index (κ2) is 11.7. The molecule has 4 nitrogen and oxygen atoms in total. The monoisotopic (exact) mass is 443 g/mol. The Bertz CT molecular complexity index is 629. The standard InChI is InChI=1S/C18H22FN3O.HI/c1-2-11-20-18(22-13-10-16-7-5-14-23-16)21-12-9-15-6-3-4-8-17(15)19;/h2-8,14H,1,9-13H2,(H2,20,21,22);1H. The molecular formula is C18H23FIN3O. The molecule has 1 heterocycles. The molecule has 0 aliphatic carbocycles. The van der Waals surface area contributed by atoms with Gasteiger partial charge in [0.05, 0.1) is 6.26 Å². The van der Waals surface area contributed by atoms with Crippen molar-refractivity contribution in [2.45, 2.75) is 12.8 Å². The first-order chi connectivity index (χ1) is 11.3. The van der Waals surface area contributed by atoms with E-state index in [1.54, 1.807) is 24.5 Å². The molecule has 2 N–H and O–H groups in total. The molecule has 0 fully saturated rings. The van der Waals surface area contributed by atoms with E-state index >= 15 is 0 Å². The van der Waals surface area contributed by atoms with E-state index in [0.29, 0.717) is 37.6 Å². The summed E-state index contributed by atoms with van der Waals surface area (Å²) >= 11 is 0. The number of nitrogens with one attached hydrogen (secondary N) is 2. The summed E-state index contributed by atoms with van der Waals surface area (Å²) in [5.41, 5.74) is 0.693. The maximum absolute atomic E-state index is 13.6. The van der Waals surface area contributed by atoms with Crippen molar-refractivity contribution >= 4 is 29.9 Å². The molecule has 0 aliphatic rings. The first kappa shape index (κ1) is 20.2. The highest BCUT2D eigenvalue weighted by Gasteiger charge is 2.02. The van der Waals surface area contributed by atoms with E-state index < -0.39 is 0 Å². The minimum Gasteiger partial charge on any atom is -0.469 e. The molecule has 2 rings (SSSR count). The average Bonchev–Trinajstić information content (AvgIpc) is 3.07. The number of hydrogen-bond donors (Lipinski definition) is 2. The summed E-state index contributed by atoms with van der Waals surface area (Å²) in [7, 11) is 0. The van der Waals surface area contributed by atoms with Crippen LogP contribution in [-0.4, -0.2) is 25.6 Å². The molecule has 0 radical (unpaired) electrons. The van der Waals surface area contributed by atoms with Gasteiger partial charge in [0, 0.05) is 26.1 Å². The lowest BCUT2D eigenvalue weighted by atomic mass is 10.1. The maximum atomic E-state index is 13.6. The smallest absolute Gasteiger partial charge is 0.191 e. The van der Waals surface area contributed by atoms with E-state index in [2.05, 4.69) is 22.2 Å². The Morgan fingerprint density at radius 3 is 2.71 bits per heavy atom. The first-order valence-electron chi connectivity index (χ1n) is 7.68. The Labute approximate surface area is 159 Å². The van der Waals surface area contributed by atoms with Crippen molar-refractivity contribution in [2.24, 2.45) is 4.99 Å². The van der Waals surface area contributed by atoms with Gasteiger partial charge in [-0.25, -0.2) is 4.39 Å². The average molecular weight is 443 g/mol. The molecule has 0 atom stereocenters. The predicted octanol–water partition coefficient (Wildman–Crippen LogP) is 3.54. The number of benzene rings is 1. The Kier molecular flexibility index (Phi) is 9.83. The summed E-state index contributed by atoms with van der Waals surface area (Å²) in [6.07, 6.45) is 4.75. The van der Waals surface area contributed by atoms with Gasteiger partial charge in [-0.05, 0) is 30.2 Å². The molecule has 0 spiro atoms. The number of aliphatic imine (C=N–C) groups is 1. The third-order valence-corrected chi connectivity index (χ3v) is 3.27. The number of nitrogens with zero attached hydrogens (tertiary/aromatic N) is 1. The van der Waals surface area contributed by atoms with Gasteiger partial charge in [-0.2, -0.15) is 0 Å². The van der Waals surface area contributed by atoms with Crippen molar-refractivity contribution in [1.29, 1.82) is 0 Å². The number of hydrogen-bond acceptors (Lipinski definition) is 2. The quantitative estimate of drug-likeness (QED) is 0.284. The molecule has 1 aromatic carbocycles. The topological polar surface area (TPSA) is 49.6 Å². The van der Waals surface area contributed by atoms with E-state index in [1.165, 1.54) is 6.07 Å². The van der Waals surface area contributed by atoms with Gasteiger partial charge in [-0.15, -0.1) is 30.6 Å². The molecule has 24 heavy (non-hydrogen) atoms. The van der Waals surface area contributed by atoms with Crippen LogP contribution in [0.2, 0.25) is 0 Å². The van der Waals surface area contributed by atoms with Gasteiger partial charge >= 0.3 is 0 Å². The normalized spacial score (nSPS) is 10.8. The zero-order valence-electron chi connectivity index (χ0n) is 13.5. The minimum absolute atomic E-state index is 0. The zero-order valence-corrected chi connectivity index (χ0v) is 15.8. The van der Waals surface area contributed by atoms with Gasteiger partial charge in [-0.3, -0.25) is 4.99 Å². The summed E-state index contributed by atoms with van der Waals surface area (Å²) in [6.45, 7) is 5.51.